The lowest BCUT2D eigenvalue weighted by molar-refractivity contribution is 0.103. The highest BCUT2D eigenvalue weighted by atomic mass is 79.9. The van der Waals surface area contributed by atoms with Crippen LogP contribution in [0.2, 0.25) is 0 Å². The molecule has 0 atom stereocenters. The van der Waals surface area contributed by atoms with Crippen molar-refractivity contribution in [1.29, 1.82) is 0 Å². The summed E-state index contributed by atoms with van der Waals surface area (Å²) in [6, 6.07) is 12.0. The van der Waals surface area contributed by atoms with Crippen LogP contribution in [0.25, 0.3) is 10.8 Å². The lowest BCUT2D eigenvalue weighted by Crippen LogP contribution is -2.11. The molecule has 0 spiro atoms. The van der Waals surface area contributed by atoms with E-state index in [-0.39, 0.29) is 5.91 Å². The van der Waals surface area contributed by atoms with Gasteiger partial charge in [0.05, 0.1) is 10.7 Å². The van der Waals surface area contributed by atoms with Gasteiger partial charge in [0.2, 0.25) is 0 Å². The molecule has 1 N–H and O–H groups in total. The van der Waals surface area contributed by atoms with E-state index in [2.05, 4.69) is 32.3 Å². The number of aryl methyl sites for hydroxylation is 2. The monoisotopic (exact) mass is 360 g/mol. The van der Waals surface area contributed by atoms with Crippen LogP contribution in [0.15, 0.2) is 40.9 Å². The van der Waals surface area contributed by atoms with Crippen LogP contribution in [0, 0.1) is 13.8 Å². The van der Waals surface area contributed by atoms with Crippen molar-refractivity contribution in [1.82, 2.24) is 4.98 Å². The number of fused-ring (bicyclic) bond motifs is 1. The lowest BCUT2D eigenvalue weighted by Gasteiger charge is -2.06. The van der Waals surface area contributed by atoms with Gasteiger partial charge < -0.3 is 5.32 Å². The van der Waals surface area contributed by atoms with Crippen LogP contribution in [0.1, 0.15) is 20.4 Å². The van der Waals surface area contributed by atoms with E-state index in [1.807, 2.05) is 44.2 Å². The Morgan fingerprint density at radius 2 is 1.86 bits per heavy atom. The molecule has 0 bridgehead atoms. The fourth-order valence-electron chi connectivity index (χ4n) is 2.22. The van der Waals surface area contributed by atoms with Gasteiger partial charge >= 0.3 is 0 Å². The van der Waals surface area contributed by atoms with Crippen molar-refractivity contribution in [3.8, 4) is 0 Å². The van der Waals surface area contributed by atoms with E-state index in [4.69, 9.17) is 0 Å². The molecule has 0 saturated heterocycles. The van der Waals surface area contributed by atoms with Crippen molar-refractivity contribution in [2.24, 2.45) is 0 Å². The van der Waals surface area contributed by atoms with Crippen LogP contribution in [0.4, 0.5) is 5.69 Å². The van der Waals surface area contributed by atoms with Gasteiger partial charge in [0.15, 0.2) is 0 Å². The number of carbonyl (C=O) groups is 1. The first-order chi connectivity index (χ1) is 10.0. The number of amides is 1. The van der Waals surface area contributed by atoms with Crippen LogP contribution in [-0.2, 0) is 0 Å². The van der Waals surface area contributed by atoms with Gasteiger partial charge in [0.25, 0.3) is 5.91 Å². The van der Waals surface area contributed by atoms with Gasteiger partial charge in [-0.05, 0) is 48.9 Å². The molecule has 2 aromatic carbocycles. The molecule has 0 radical (unpaired) electrons. The number of hydrogen-bond acceptors (Lipinski definition) is 3. The van der Waals surface area contributed by atoms with E-state index in [0.717, 1.165) is 31.6 Å². The Labute approximate surface area is 135 Å². The zero-order valence-corrected chi connectivity index (χ0v) is 14.0. The zero-order valence-electron chi connectivity index (χ0n) is 11.6. The number of aromatic nitrogens is 1. The Bertz CT molecular complexity index is 841. The molecule has 106 valence electrons. The number of carbonyl (C=O) groups excluding carboxylic acids is 1. The van der Waals surface area contributed by atoms with Crippen molar-refractivity contribution in [3.05, 3.63) is 56.4 Å². The van der Waals surface area contributed by atoms with Crippen LogP contribution in [0.3, 0.4) is 0 Å². The topological polar surface area (TPSA) is 42.0 Å². The minimum Gasteiger partial charge on any atom is -0.321 e. The predicted molar refractivity (Wildman–Crippen MR) is 91.2 cm³/mol. The molecule has 0 aliphatic heterocycles. The van der Waals surface area contributed by atoms with E-state index >= 15 is 0 Å². The minimum atomic E-state index is -0.102. The van der Waals surface area contributed by atoms with Gasteiger partial charge in [-0.1, -0.05) is 28.1 Å². The summed E-state index contributed by atoms with van der Waals surface area (Å²) in [5.41, 5.74) is 1.57. The maximum absolute atomic E-state index is 12.3. The van der Waals surface area contributed by atoms with Crippen molar-refractivity contribution in [3.63, 3.8) is 0 Å². The number of benzene rings is 2. The van der Waals surface area contributed by atoms with Gasteiger partial charge in [-0.15, -0.1) is 11.3 Å². The molecular formula is C16H13BrN2OS. The molecule has 21 heavy (non-hydrogen) atoms. The Kier molecular flexibility index (Phi) is 3.78. The molecule has 3 nitrogen and oxygen atoms in total. The number of anilines is 1. The summed E-state index contributed by atoms with van der Waals surface area (Å²) in [7, 11) is 0. The normalized spacial score (nSPS) is 10.8. The van der Waals surface area contributed by atoms with Gasteiger partial charge in [-0.3, -0.25) is 4.79 Å². The molecule has 0 fully saturated rings. The Balaban J connectivity index is 1.89. The highest BCUT2D eigenvalue weighted by molar-refractivity contribution is 9.10. The van der Waals surface area contributed by atoms with E-state index in [1.54, 1.807) is 0 Å². The molecular weight excluding hydrogens is 348 g/mol. The number of hydrogen-bond donors (Lipinski definition) is 1. The highest BCUT2D eigenvalue weighted by Gasteiger charge is 2.13. The Morgan fingerprint density at radius 3 is 2.57 bits per heavy atom. The molecule has 0 aliphatic carbocycles. The minimum absolute atomic E-state index is 0.102. The molecule has 5 heteroatoms. The quantitative estimate of drug-likeness (QED) is 0.703. The maximum Gasteiger partial charge on any atom is 0.267 e. The first-order valence-electron chi connectivity index (χ1n) is 6.47. The predicted octanol–water partition coefficient (Wildman–Crippen LogP) is 4.93. The number of nitrogens with zero attached hydrogens (tertiary/aromatic N) is 1. The summed E-state index contributed by atoms with van der Waals surface area (Å²) >= 11 is 4.87. The molecule has 0 aliphatic rings. The van der Waals surface area contributed by atoms with Gasteiger partial charge in [-0.2, -0.15) is 0 Å². The highest BCUT2D eigenvalue weighted by Crippen LogP contribution is 2.24. The number of nitrogens with one attached hydrogen (secondary N) is 1. The summed E-state index contributed by atoms with van der Waals surface area (Å²) in [6.07, 6.45) is 0. The summed E-state index contributed by atoms with van der Waals surface area (Å²) in [5, 5.41) is 6.07. The molecule has 1 aromatic heterocycles. The van der Waals surface area contributed by atoms with Crippen LogP contribution in [0.5, 0.6) is 0 Å². The van der Waals surface area contributed by atoms with Gasteiger partial charge in [-0.25, -0.2) is 4.98 Å². The van der Waals surface area contributed by atoms with Crippen molar-refractivity contribution >= 4 is 49.6 Å². The van der Waals surface area contributed by atoms with Gasteiger partial charge in [0.1, 0.15) is 4.88 Å². The first-order valence-corrected chi connectivity index (χ1v) is 8.08. The second-order valence-corrected chi connectivity index (χ2v) is 6.93. The van der Waals surface area contributed by atoms with Crippen molar-refractivity contribution < 1.29 is 4.79 Å². The SMILES string of the molecule is Cc1nc(C)c(C(=O)Nc2ccc3cc(Br)ccc3c2)s1. The molecule has 3 rings (SSSR count). The second kappa shape index (κ2) is 5.58. The third-order valence-corrected chi connectivity index (χ3v) is 4.73. The standard InChI is InChI=1S/C16H13BrN2OS/c1-9-15(21-10(2)18-9)16(20)19-14-6-4-11-7-13(17)5-3-12(11)8-14/h3-8H,1-2H3,(H,19,20). The van der Waals surface area contributed by atoms with Crippen molar-refractivity contribution in [2.45, 2.75) is 13.8 Å². The van der Waals surface area contributed by atoms with E-state index < -0.39 is 0 Å². The molecule has 1 amide bonds. The number of rotatable bonds is 2. The van der Waals surface area contributed by atoms with Crippen LogP contribution in [-0.4, -0.2) is 10.9 Å². The lowest BCUT2D eigenvalue weighted by atomic mass is 10.1. The third kappa shape index (κ3) is 2.99. The fourth-order valence-corrected chi connectivity index (χ4v) is 3.42. The average molecular weight is 361 g/mol. The molecule has 0 unspecified atom stereocenters. The van der Waals surface area contributed by atoms with Crippen molar-refractivity contribution in [2.75, 3.05) is 5.32 Å². The second-order valence-electron chi connectivity index (χ2n) is 4.81. The molecule has 0 saturated carbocycles. The van der Waals surface area contributed by atoms with E-state index in [9.17, 15) is 4.79 Å². The summed E-state index contributed by atoms with van der Waals surface area (Å²) < 4.78 is 1.04. The summed E-state index contributed by atoms with van der Waals surface area (Å²) in [6.45, 7) is 3.76. The summed E-state index contributed by atoms with van der Waals surface area (Å²) in [5.74, 6) is -0.102. The van der Waals surface area contributed by atoms with Gasteiger partial charge in [0, 0.05) is 10.2 Å². The number of halogens is 1. The largest absolute Gasteiger partial charge is 0.321 e. The molecule has 3 aromatic rings. The van der Waals surface area contributed by atoms with E-state index in [1.165, 1.54) is 11.3 Å². The smallest absolute Gasteiger partial charge is 0.267 e. The Hall–Kier alpha value is -1.72. The maximum atomic E-state index is 12.3. The first kappa shape index (κ1) is 14.2. The Morgan fingerprint density at radius 1 is 1.14 bits per heavy atom. The van der Waals surface area contributed by atoms with E-state index in [0.29, 0.717) is 4.88 Å². The fraction of sp³-hybridized carbons (Fsp3) is 0.125. The number of thiazole rings is 1. The summed E-state index contributed by atoms with van der Waals surface area (Å²) in [4.78, 5) is 17.2. The van der Waals surface area contributed by atoms with Crippen LogP contribution < -0.4 is 5.32 Å². The third-order valence-electron chi connectivity index (χ3n) is 3.17. The van der Waals surface area contributed by atoms with Crippen LogP contribution >= 0.6 is 27.3 Å². The average Bonchev–Trinajstić information content (AvgIpc) is 2.78. The molecule has 1 heterocycles. The zero-order chi connectivity index (χ0) is 15.0.